The highest BCUT2D eigenvalue weighted by Crippen LogP contribution is 2.39. The first-order valence-electron chi connectivity index (χ1n) is 9.22. The summed E-state index contributed by atoms with van der Waals surface area (Å²) in [6, 6.07) is 10.9. The first-order chi connectivity index (χ1) is 12.1. The summed E-state index contributed by atoms with van der Waals surface area (Å²) in [5, 5.41) is 17.8. The number of benzene rings is 1. The highest BCUT2D eigenvalue weighted by Gasteiger charge is 2.33. The SMILES string of the molecule is CCCC1(CC#N)CCN(Cc2ccc(-n3ncc(C)n3)cc2)CC1. The van der Waals surface area contributed by atoms with Crippen LogP contribution in [0.3, 0.4) is 0 Å². The lowest BCUT2D eigenvalue weighted by molar-refractivity contribution is 0.0930. The van der Waals surface area contributed by atoms with E-state index in [-0.39, 0.29) is 5.41 Å². The smallest absolute Gasteiger partial charge is 0.0856 e. The molecule has 2 aromatic rings. The van der Waals surface area contributed by atoms with E-state index in [1.54, 1.807) is 11.0 Å². The molecular weight excluding hydrogens is 310 g/mol. The minimum Gasteiger partial charge on any atom is -0.299 e. The first kappa shape index (κ1) is 17.6. The van der Waals surface area contributed by atoms with Crippen LogP contribution in [0.15, 0.2) is 30.5 Å². The summed E-state index contributed by atoms with van der Waals surface area (Å²) in [6.07, 6.45) is 7.11. The number of hydrogen-bond donors (Lipinski definition) is 0. The van der Waals surface area contributed by atoms with E-state index in [0.717, 1.165) is 43.9 Å². The number of aryl methyl sites for hydroxylation is 1. The summed E-state index contributed by atoms with van der Waals surface area (Å²) in [5.74, 6) is 0. The summed E-state index contributed by atoms with van der Waals surface area (Å²) in [4.78, 5) is 4.18. The normalized spacial score (nSPS) is 17.3. The topological polar surface area (TPSA) is 57.7 Å². The lowest BCUT2D eigenvalue weighted by Crippen LogP contribution is -2.39. The molecule has 132 valence electrons. The predicted octanol–water partition coefficient (Wildman–Crippen LogP) is 3.87. The molecule has 1 aliphatic heterocycles. The Hall–Kier alpha value is -2.19. The van der Waals surface area contributed by atoms with Gasteiger partial charge < -0.3 is 0 Å². The number of likely N-dealkylation sites (tertiary alicyclic amines) is 1. The molecule has 0 N–H and O–H groups in total. The van der Waals surface area contributed by atoms with Gasteiger partial charge in [0.25, 0.3) is 0 Å². The van der Waals surface area contributed by atoms with E-state index in [9.17, 15) is 0 Å². The molecule has 2 heterocycles. The van der Waals surface area contributed by atoms with E-state index in [2.05, 4.69) is 52.4 Å². The predicted molar refractivity (Wildman–Crippen MR) is 98.2 cm³/mol. The quantitative estimate of drug-likeness (QED) is 0.803. The van der Waals surface area contributed by atoms with E-state index < -0.39 is 0 Å². The van der Waals surface area contributed by atoms with Crippen molar-refractivity contribution in [1.82, 2.24) is 19.9 Å². The van der Waals surface area contributed by atoms with Crippen LogP contribution in [0.4, 0.5) is 0 Å². The monoisotopic (exact) mass is 337 g/mol. The summed E-state index contributed by atoms with van der Waals surface area (Å²) in [5.41, 5.74) is 3.49. The average molecular weight is 337 g/mol. The van der Waals surface area contributed by atoms with Gasteiger partial charge in [-0.2, -0.15) is 20.3 Å². The molecule has 0 amide bonds. The highest BCUT2D eigenvalue weighted by atomic mass is 15.5. The van der Waals surface area contributed by atoms with Crippen molar-refractivity contribution < 1.29 is 0 Å². The van der Waals surface area contributed by atoms with Gasteiger partial charge in [-0.25, -0.2) is 0 Å². The molecule has 1 aromatic carbocycles. The Morgan fingerprint density at radius 2 is 1.92 bits per heavy atom. The number of hydrogen-bond acceptors (Lipinski definition) is 4. The van der Waals surface area contributed by atoms with Gasteiger partial charge in [0.15, 0.2) is 0 Å². The maximum Gasteiger partial charge on any atom is 0.0856 e. The third-order valence-electron chi connectivity index (χ3n) is 5.33. The minimum absolute atomic E-state index is 0.257. The molecule has 1 aliphatic rings. The van der Waals surface area contributed by atoms with E-state index in [4.69, 9.17) is 5.26 Å². The molecule has 0 spiro atoms. The Bertz CT molecular complexity index is 717. The second-order valence-electron chi connectivity index (χ2n) is 7.30. The number of nitriles is 1. The number of piperidine rings is 1. The van der Waals surface area contributed by atoms with Crippen molar-refractivity contribution >= 4 is 0 Å². The molecular formula is C20H27N5. The molecule has 1 saturated heterocycles. The molecule has 3 rings (SSSR count). The van der Waals surface area contributed by atoms with E-state index in [1.165, 1.54) is 18.4 Å². The summed E-state index contributed by atoms with van der Waals surface area (Å²) >= 11 is 0. The minimum atomic E-state index is 0.257. The van der Waals surface area contributed by atoms with Gasteiger partial charge in [-0.15, -0.1) is 0 Å². The third-order valence-corrected chi connectivity index (χ3v) is 5.33. The molecule has 0 aliphatic carbocycles. The molecule has 5 heteroatoms. The van der Waals surface area contributed by atoms with Gasteiger partial charge in [0.2, 0.25) is 0 Å². The lowest BCUT2D eigenvalue weighted by atomic mass is 9.73. The molecule has 0 unspecified atom stereocenters. The van der Waals surface area contributed by atoms with E-state index in [0.29, 0.717) is 6.42 Å². The Morgan fingerprint density at radius 1 is 1.20 bits per heavy atom. The van der Waals surface area contributed by atoms with Gasteiger partial charge in [0.05, 0.1) is 23.6 Å². The summed E-state index contributed by atoms with van der Waals surface area (Å²) < 4.78 is 0. The Morgan fingerprint density at radius 3 is 2.48 bits per heavy atom. The van der Waals surface area contributed by atoms with Crippen molar-refractivity contribution in [2.45, 2.75) is 52.5 Å². The zero-order valence-corrected chi connectivity index (χ0v) is 15.3. The second kappa shape index (κ2) is 7.79. The highest BCUT2D eigenvalue weighted by molar-refractivity contribution is 5.32. The van der Waals surface area contributed by atoms with E-state index >= 15 is 0 Å². The van der Waals surface area contributed by atoms with E-state index in [1.807, 2.05) is 6.92 Å². The van der Waals surface area contributed by atoms with Gasteiger partial charge in [0.1, 0.15) is 0 Å². The van der Waals surface area contributed by atoms with Gasteiger partial charge in [-0.3, -0.25) is 4.90 Å². The van der Waals surface area contributed by atoms with Crippen LogP contribution in [0, 0.1) is 23.7 Å². The average Bonchev–Trinajstić information content (AvgIpc) is 3.05. The van der Waals surface area contributed by atoms with Crippen LogP contribution < -0.4 is 0 Å². The lowest BCUT2D eigenvalue weighted by Gasteiger charge is -2.40. The second-order valence-corrected chi connectivity index (χ2v) is 7.30. The fourth-order valence-electron chi connectivity index (χ4n) is 3.86. The van der Waals surface area contributed by atoms with Crippen LogP contribution in [0.25, 0.3) is 5.69 Å². The summed E-state index contributed by atoms with van der Waals surface area (Å²) in [7, 11) is 0. The van der Waals surface area contributed by atoms with Crippen molar-refractivity contribution in [2.75, 3.05) is 13.1 Å². The van der Waals surface area contributed by atoms with Crippen LogP contribution in [0.5, 0.6) is 0 Å². The zero-order valence-electron chi connectivity index (χ0n) is 15.3. The van der Waals surface area contributed by atoms with Gasteiger partial charge in [-0.05, 0) is 62.4 Å². The Balaban J connectivity index is 1.58. The molecule has 0 saturated carbocycles. The maximum atomic E-state index is 9.16. The number of nitrogens with zero attached hydrogens (tertiary/aromatic N) is 5. The van der Waals surface area contributed by atoms with Crippen LogP contribution in [0.1, 0.15) is 50.3 Å². The Labute approximate surface area is 150 Å². The van der Waals surface area contributed by atoms with Crippen molar-refractivity contribution in [3.8, 4) is 11.8 Å². The van der Waals surface area contributed by atoms with Crippen molar-refractivity contribution in [2.24, 2.45) is 5.41 Å². The number of aromatic nitrogens is 3. The zero-order chi connectivity index (χ0) is 17.7. The molecule has 0 radical (unpaired) electrons. The Kier molecular flexibility index (Phi) is 5.50. The van der Waals surface area contributed by atoms with Crippen molar-refractivity contribution in [3.63, 3.8) is 0 Å². The fourth-order valence-corrected chi connectivity index (χ4v) is 3.86. The third kappa shape index (κ3) is 4.26. The molecule has 0 bridgehead atoms. The van der Waals surface area contributed by atoms with Crippen LogP contribution in [-0.4, -0.2) is 33.0 Å². The van der Waals surface area contributed by atoms with Gasteiger partial charge >= 0.3 is 0 Å². The largest absolute Gasteiger partial charge is 0.299 e. The van der Waals surface area contributed by atoms with Gasteiger partial charge in [-0.1, -0.05) is 25.5 Å². The van der Waals surface area contributed by atoms with Crippen molar-refractivity contribution in [3.05, 3.63) is 41.7 Å². The first-order valence-corrected chi connectivity index (χ1v) is 9.22. The van der Waals surface area contributed by atoms with Crippen LogP contribution >= 0.6 is 0 Å². The van der Waals surface area contributed by atoms with Gasteiger partial charge in [0, 0.05) is 13.0 Å². The fraction of sp³-hybridized carbons (Fsp3) is 0.550. The van der Waals surface area contributed by atoms with Crippen LogP contribution in [0.2, 0.25) is 0 Å². The molecule has 5 nitrogen and oxygen atoms in total. The summed E-state index contributed by atoms with van der Waals surface area (Å²) in [6.45, 7) is 7.31. The number of rotatable bonds is 6. The van der Waals surface area contributed by atoms with Crippen LogP contribution in [-0.2, 0) is 6.54 Å². The molecule has 1 aromatic heterocycles. The standard InChI is InChI=1S/C20H27N5/c1-3-8-20(9-12-21)10-13-24(14-11-20)16-18-4-6-19(7-5-18)25-22-15-17(2)23-25/h4-7,15H,3,8-11,13-14,16H2,1-2H3. The molecule has 25 heavy (non-hydrogen) atoms. The molecule has 1 fully saturated rings. The van der Waals surface area contributed by atoms with Crippen molar-refractivity contribution in [1.29, 1.82) is 5.26 Å². The maximum absolute atomic E-state index is 9.16. The molecule has 0 atom stereocenters.